The molecular weight excluding hydrogens is 879 g/mol. The van der Waals surface area contributed by atoms with E-state index in [1.54, 1.807) is 6.08 Å². The van der Waals surface area contributed by atoms with Gasteiger partial charge in [0, 0.05) is 49.6 Å². The van der Waals surface area contributed by atoms with Gasteiger partial charge in [0.2, 0.25) is 0 Å². The highest BCUT2D eigenvalue weighted by Gasteiger charge is 2.18. The largest absolute Gasteiger partial charge is 0.309 e. The Balaban J connectivity index is 0.863. The molecule has 13 rings (SSSR count). The smallest absolute Gasteiger partial charge is 0.197 e. The van der Waals surface area contributed by atoms with E-state index in [0.29, 0.717) is 21.7 Å². The molecule has 3 heterocycles. The Bertz CT molecular complexity index is 4410. The van der Waals surface area contributed by atoms with Gasteiger partial charge in [-0.3, -0.25) is 9.59 Å². The second-order valence-corrected chi connectivity index (χ2v) is 18.5. The van der Waals surface area contributed by atoms with Crippen LogP contribution in [0, 0.1) is 6.92 Å². The number of aromatic nitrogens is 3. The summed E-state index contributed by atoms with van der Waals surface area (Å²) in [6.07, 6.45) is 1.77. The lowest BCUT2D eigenvalue weighted by atomic mass is 9.96. The minimum Gasteiger partial charge on any atom is -0.309 e. The van der Waals surface area contributed by atoms with Crippen molar-refractivity contribution in [1.82, 2.24) is 13.7 Å². The van der Waals surface area contributed by atoms with Gasteiger partial charge in [0.15, 0.2) is 10.9 Å². The first kappa shape index (κ1) is 42.5. The fourth-order valence-electron chi connectivity index (χ4n) is 10.8. The average molecular weight is 924 g/mol. The van der Waals surface area contributed by atoms with Gasteiger partial charge in [0.25, 0.3) is 0 Å². The molecule has 0 bridgehead atoms. The lowest BCUT2D eigenvalue weighted by Gasteiger charge is -2.18. The molecule has 5 heteroatoms. The van der Waals surface area contributed by atoms with E-state index in [1.165, 1.54) is 0 Å². The van der Waals surface area contributed by atoms with Gasteiger partial charge >= 0.3 is 0 Å². The van der Waals surface area contributed by atoms with Crippen LogP contribution in [-0.2, 0) is 0 Å². The minimum atomic E-state index is 0.0147. The highest BCUT2D eigenvalue weighted by Crippen LogP contribution is 2.39. The highest BCUT2D eigenvalue weighted by molar-refractivity contribution is 6.12. The van der Waals surface area contributed by atoms with Gasteiger partial charge in [-0.15, -0.1) is 0 Å². The molecule has 0 fully saturated rings. The summed E-state index contributed by atoms with van der Waals surface area (Å²) < 4.78 is 6.66. The highest BCUT2D eigenvalue weighted by atomic mass is 16.1. The maximum absolute atomic E-state index is 14.0. The number of nitrogens with zero attached hydrogens (tertiary/aromatic N) is 3. The molecule has 0 saturated heterocycles. The van der Waals surface area contributed by atoms with Crippen molar-refractivity contribution < 1.29 is 0 Å². The number of hydrogen-bond donors (Lipinski definition) is 0. The van der Waals surface area contributed by atoms with E-state index in [9.17, 15) is 9.59 Å². The minimum absolute atomic E-state index is 0.0147. The summed E-state index contributed by atoms with van der Waals surface area (Å²) in [5.74, 6) is 0. The molecular formula is C67H45N3O2. The first-order chi connectivity index (χ1) is 35.4. The predicted molar refractivity (Wildman–Crippen MR) is 301 cm³/mol. The zero-order chi connectivity index (χ0) is 48.5. The fraction of sp³-hybridized carbons (Fsp3) is 0.0149. The summed E-state index contributed by atoms with van der Waals surface area (Å²) in [6, 6.07) is 82.0. The van der Waals surface area contributed by atoms with E-state index >= 15 is 0 Å². The quantitative estimate of drug-likeness (QED) is 0.143. The number of pyridine rings is 2. The average Bonchev–Trinajstić information content (AvgIpc) is 3.77. The van der Waals surface area contributed by atoms with Crippen molar-refractivity contribution in [1.29, 1.82) is 0 Å². The first-order valence-corrected chi connectivity index (χ1v) is 24.3. The van der Waals surface area contributed by atoms with Crippen molar-refractivity contribution in [2.75, 3.05) is 0 Å². The monoisotopic (exact) mass is 923 g/mol. The van der Waals surface area contributed by atoms with Crippen molar-refractivity contribution in [3.63, 3.8) is 0 Å². The normalized spacial score (nSPS) is 11.6. The van der Waals surface area contributed by atoms with Gasteiger partial charge in [-0.2, -0.15) is 0 Å². The third kappa shape index (κ3) is 6.93. The third-order valence-corrected chi connectivity index (χ3v) is 14.4. The van der Waals surface area contributed by atoms with Gasteiger partial charge in [0.1, 0.15) is 0 Å². The molecule has 0 aliphatic rings. The van der Waals surface area contributed by atoms with Crippen LogP contribution in [-0.4, -0.2) is 13.7 Å². The third-order valence-electron chi connectivity index (χ3n) is 14.4. The van der Waals surface area contributed by atoms with Crippen molar-refractivity contribution in [2.24, 2.45) is 0 Å². The second-order valence-electron chi connectivity index (χ2n) is 18.5. The van der Waals surface area contributed by atoms with Crippen molar-refractivity contribution in [3.8, 4) is 61.6 Å². The van der Waals surface area contributed by atoms with Crippen molar-refractivity contribution in [3.05, 3.63) is 275 Å². The zero-order valence-corrected chi connectivity index (χ0v) is 39.5. The van der Waals surface area contributed by atoms with E-state index in [-0.39, 0.29) is 10.9 Å². The molecule has 0 unspecified atom stereocenters. The molecule has 0 spiro atoms. The van der Waals surface area contributed by atoms with E-state index in [0.717, 1.165) is 106 Å². The standard InChI is InChI=1S/C67H45N3O2/c1-3-60-43(2)66(71)58-41-50(33-37-64(58)68(60)52-15-7-4-8-16-52)46-27-23-44(24-28-46)48-31-35-62-56(39-48)57-40-49(32-36-63(57)70(62)54-19-11-6-12-20-54)45-25-29-47(30-26-45)51-34-38-65-59(42-51)67(72)55-21-13-14-22-61(55)69(65)53-17-9-5-10-18-53/h3-42H,1H2,2H3. The topological polar surface area (TPSA) is 48.9 Å². The lowest BCUT2D eigenvalue weighted by molar-refractivity contribution is 1.06. The Morgan fingerprint density at radius 2 is 0.611 bits per heavy atom. The summed E-state index contributed by atoms with van der Waals surface area (Å²) >= 11 is 0. The summed E-state index contributed by atoms with van der Waals surface area (Å²) in [4.78, 5) is 27.9. The van der Waals surface area contributed by atoms with Gasteiger partial charge in [-0.05, 0) is 155 Å². The van der Waals surface area contributed by atoms with Crippen LogP contribution < -0.4 is 10.9 Å². The van der Waals surface area contributed by atoms with Crippen LogP contribution in [0.5, 0.6) is 0 Å². The fourth-order valence-corrected chi connectivity index (χ4v) is 10.8. The Kier molecular flexibility index (Phi) is 10.1. The van der Waals surface area contributed by atoms with Gasteiger partial charge in [0.05, 0.1) is 33.3 Å². The molecule has 0 atom stereocenters. The van der Waals surface area contributed by atoms with E-state index in [2.05, 4.69) is 184 Å². The summed E-state index contributed by atoms with van der Waals surface area (Å²) in [5, 5.41) is 4.39. The number of benzene rings is 10. The molecule has 340 valence electrons. The van der Waals surface area contributed by atoms with Crippen LogP contribution in [0.2, 0.25) is 0 Å². The van der Waals surface area contributed by atoms with Gasteiger partial charge in [-0.25, -0.2) is 0 Å². The molecule has 5 nitrogen and oxygen atoms in total. The second kappa shape index (κ2) is 17.1. The molecule has 10 aromatic carbocycles. The number of rotatable bonds is 8. The Hall–Kier alpha value is -9.58. The van der Waals surface area contributed by atoms with Crippen LogP contribution in [0.25, 0.3) is 122 Å². The summed E-state index contributed by atoms with van der Waals surface area (Å²) in [5.41, 5.74) is 18.0. The van der Waals surface area contributed by atoms with Crippen molar-refractivity contribution >= 4 is 60.6 Å². The maximum atomic E-state index is 14.0. The Labute approximate surface area is 415 Å². The van der Waals surface area contributed by atoms with Crippen LogP contribution in [0.4, 0.5) is 0 Å². The molecule has 3 aromatic heterocycles. The summed E-state index contributed by atoms with van der Waals surface area (Å²) in [7, 11) is 0. The molecule has 0 saturated carbocycles. The van der Waals surface area contributed by atoms with Crippen LogP contribution in [0.1, 0.15) is 11.3 Å². The van der Waals surface area contributed by atoms with Crippen molar-refractivity contribution in [2.45, 2.75) is 6.92 Å². The van der Waals surface area contributed by atoms with E-state index in [4.69, 9.17) is 0 Å². The maximum Gasteiger partial charge on any atom is 0.197 e. The van der Waals surface area contributed by atoms with Gasteiger partial charge < -0.3 is 13.7 Å². The Morgan fingerprint density at radius 1 is 0.306 bits per heavy atom. The van der Waals surface area contributed by atoms with E-state index in [1.807, 2.05) is 79.7 Å². The molecule has 0 radical (unpaired) electrons. The molecule has 13 aromatic rings. The van der Waals surface area contributed by atoms with Crippen LogP contribution in [0.3, 0.4) is 0 Å². The number of hydrogen-bond acceptors (Lipinski definition) is 2. The number of para-hydroxylation sites is 4. The first-order valence-electron chi connectivity index (χ1n) is 24.3. The van der Waals surface area contributed by atoms with Gasteiger partial charge in [-0.1, -0.05) is 146 Å². The summed E-state index contributed by atoms with van der Waals surface area (Å²) in [6.45, 7) is 5.93. The lowest BCUT2D eigenvalue weighted by Crippen LogP contribution is -2.15. The SMILES string of the molecule is C=Cc1c(C)c(=O)c2cc(-c3ccc(-c4ccc5c(c4)c4cc(-c6ccc(-c7ccc8c(c7)c(=O)c7ccccc7n8-c7ccccc7)cc6)ccc4n5-c4ccccc4)cc3)ccc2n1-c1ccccc1. The molecule has 0 aliphatic heterocycles. The molecule has 0 N–H and O–H groups in total. The van der Waals surface area contributed by atoms with Crippen LogP contribution >= 0.6 is 0 Å². The van der Waals surface area contributed by atoms with Crippen LogP contribution in [0.15, 0.2) is 253 Å². The number of fused-ring (bicyclic) bond motifs is 6. The molecule has 0 amide bonds. The zero-order valence-electron chi connectivity index (χ0n) is 39.5. The molecule has 0 aliphatic carbocycles. The van der Waals surface area contributed by atoms with E-state index < -0.39 is 0 Å². The predicted octanol–water partition coefficient (Wildman–Crippen LogP) is 16.2. The molecule has 72 heavy (non-hydrogen) atoms. The Morgan fingerprint density at radius 3 is 1.03 bits per heavy atom.